The van der Waals surface area contributed by atoms with Gasteiger partial charge in [0.2, 0.25) is 0 Å². The summed E-state index contributed by atoms with van der Waals surface area (Å²) < 4.78 is 0. The molecule has 0 aromatic carbocycles. The maximum atomic E-state index is 11.7. The standard InChI is InChI=1S/C18H28O4/c1-2-14-10-13-17(20)16(14)12-11-15(19)8-6-4-3-5-7-9-18(21)22/h10-16,19H,2-9H2,1H3,(H,21,22)/b12-11+/t14-,15+,16-/m0/s1. The number of unbranched alkanes of at least 4 members (excludes halogenated alkanes) is 4. The maximum absolute atomic E-state index is 11.7. The second-order valence-corrected chi connectivity index (χ2v) is 6.01. The molecule has 0 saturated heterocycles. The molecule has 0 aromatic rings. The third-order valence-electron chi connectivity index (χ3n) is 4.20. The van der Waals surface area contributed by atoms with Gasteiger partial charge in [0.05, 0.1) is 6.10 Å². The molecule has 22 heavy (non-hydrogen) atoms. The van der Waals surface area contributed by atoms with E-state index in [1.807, 2.05) is 12.2 Å². The number of hydrogen-bond acceptors (Lipinski definition) is 3. The van der Waals surface area contributed by atoms with Crippen LogP contribution in [0.25, 0.3) is 0 Å². The number of rotatable bonds is 11. The predicted molar refractivity (Wildman–Crippen MR) is 86.5 cm³/mol. The summed E-state index contributed by atoms with van der Waals surface area (Å²) in [4.78, 5) is 22.1. The van der Waals surface area contributed by atoms with Gasteiger partial charge in [-0.1, -0.05) is 50.8 Å². The van der Waals surface area contributed by atoms with Crippen molar-refractivity contribution in [2.45, 2.75) is 64.4 Å². The fourth-order valence-corrected chi connectivity index (χ4v) is 2.79. The molecule has 0 bridgehead atoms. The first-order valence-corrected chi connectivity index (χ1v) is 8.34. The SMILES string of the molecule is CC[C@H]1C=CC(=O)[C@H]1/C=C/[C@H](O)CCCCCCCC(=O)O. The van der Waals surface area contributed by atoms with Crippen LogP contribution in [0.15, 0.2) is 24.3 Å². The Morgan fingerprint density at radius 1 is 1.27 bits per heavy atom. The molecule has 1 aliphatic rings. The lowest BCUT2D eigenvalue weighted by Gasteiger charge is -2.13. The number of carbonyl (C=O) groups is 2. The molecule has 0 fully saturated rings. The van der Waals surface area contributed by atoms with E-state index in [0.29, 0.717) is 6.42 Å². The molecule has 1 rings (SSSR count). The van der Waals surface area contributed by atoms with Crippen molar-refractivity contribution in [2.75, 3.05) is 0 Å². The van der Waals surface area contributed by atoms with E-state index >= 15 is 0 Å². The Hall–Kier alpha value is -1.42. The van der Waals surface area contributed by atoms with Gasteiger partial charge in [-0.2, -0.15) is 0 Å². The van der Waals surface area contributed by atoms with Gasteiger partial charge in [-0.05, 0) is 31.3 Å². The quantitative estimate of drug-likeness (QED) is 0.452. The van der Waals surface area contributed by atoms with Crippen LogP contribution in [0.5, 0.6) is 0 Å². The second kappa shape index (κ2) is 10.3. The number of carboxylic acid groups (broad SMARTS) is 1. The van der Waals surface area contributed by atoms with Gasteiger partial charge >= 0.3 is 5.97 Å². The molecular weight excluding hydrogens is 280 g/mol. The van der Waals surface area contributed by atoms with E-state index in [-0.39, 0.29) is 24.0 Å². The molecule has 0 heterocycles. The Kier molecular flexibility index (Phi) is 8.75. The van der Waals surface area contributed by atoms with E-state index in [9.17, 15) is 14.7 Å². The van der Waals surface area contributed by atoms with Crippen LogP contribution < -0.4 is 0 Å². The summed E-state index contributed by atoms with van der Waals surface area (Å²) in [6.07, 6.45) is 13.2. The molecule has 2 N–H and O–H groups in total. The van der Waals surface area contributed by atoms with Crippen molar-refractivity contribution < 1.29 is 19.8 Å². The molecule has 124 valence electrons. The number of carboxylic acids is 1. The zero-order valence-electron chi connectivity index (χ0n) is 13.4. The Balaban J connectivity index is 2.13. The van der Waals surface area contributed by atoms with Gasteiger partial charge in [-0.25, -0.2) is 0 Å². The molecule has 3 atom stereocenters. The van der Waals surface area contributed by atoms with Gasteiger partial charge in [0.15, 0.2) is 5.78 Å². The largest absolute Gasteiger partial charge is 0.481 e. The molecule has 4 nitrogen and oxygen atoms in total. The first-order chi connectivity index (χ1) is 10.5. The molecule has 0 amide bonds. The van der Waals surface area contributed by atoms with Crippen LogP contribution in [-0.4, -0.2) is 28.1 Å². The normalized spacial score (nSPS) is 22.5. The average Bonchev–Trinajstić information content (AvgIpc) is 2.84. The Morgan fingerprint density at radius 2 is 1.95 bits per heavy atom. The number of carbonyl (C=O) groups excluding carboxylic acids is 1. The van der Waals surface area contributed by atoms with Gasteiger partial charge in [0, 0.05) is 12.3 Å². The number of ketones is 1. The molecular formula is C18H28O4. The first-order valence-electron chi connectivity index (χ1n) is 8.34. The van der Waals surface area contributed by atoms with Crippen LogP contribution in [0.1, 0.15) is 58.3 Å². The van der Waals surface area contributed by atoms with Crippen LogP contribution in [-0.2, 0) is 9.59 Å². The summed E-state index contributed by atoms with van der Waals surface area (Å²) in [7, 11) is 0. The second-order valence-electron chi connectivity index (χ2n) is 6.01. The van der Waals surface area contributed by atoms with Crippen molar-refractivity contribution in [3.8, 4) is 0 Å². The van der Waals surface area contributed by atoms with E-state index in [0.717, 1.165) is 38.5 Å². The maximum Gasteiger partial charge on any atom is 0.303 e. The number of aliphatic hydroxyl groups is 1. The summed E-state index contributed by atoms with van der Waals surface area (Å²) in [6, 6.07) is 0. The summed E-state index contributed by atoms with van der Waals surface area (Å²) in [5, 5.41) is 18.5. The molecule has 4 heteroatoms. The average molecular weight is 308 g/mol. The minimum absolute atomic E-state index is 0.101. The number of allylic oxidation sites excluding steroid dienone is 3. The predicted octanol–water partition coefficient (Wildman–Crippen LogP) is 3.50. The van der Waals surface area contributed by atoms with E-state index in [1.54, 1.807) is 12.2 Å². The number of aliphatic carboxylic acids is 1. The smallest absolute Gasteiger partial charge is 0.303 e. The monoisotopic (exact) mass is 308 g/mol. The van der Waals surface area contributed by atoms with Crippen molar-refractivity contribution in [3.05, 3.63) is 24.3 Å². The highest BCUT2D eigenvalue weighted by molar-refractivity contribution is 5.95. The van der Waals surface area contributed by atoms with Crippen LogP contribution in [0.2, 0.25) is 0 Å². The molecule has 0 unspecified atom stereocenters. The van der Waals surface area contributed by atoms with Gasteiger partial charge in [0.1, 0.15) is 0 Å². The van der Waals surface area contributed by atoms with E-state index in [2.05, 4.69) is 6.92 Å². The zero-order chi connectivity index (χ0) is 16.4. The molecule has 1 aliphatic carbocycles. The van der Waals surface area contributed by atoms with E-state index < -0.39 is 12.1 Å². The zero-order valence-corrected chi connectivity index (χ0v) is 13.4. The van der Waals surface area contributed by atoms with Gasteiger partial charge in [-0.15, -0.1) is 0 Å². The molecule has 0 saturated carbocycles. The number of aliphatic hydroxyl groups excluding tert-OH is 1. The molecule has 0 radical (unpaired) electrons. The van der Waals surface area contributed by atoms with Crippen LogP contribution in [0, 0.1) is 11.8 Å². The third-order valence-corrected chi connectivity index (χ3v) is 4.20. The summed E-state index contributed by atoms with van der Waals surface area (Å²) in [6.45, 7) is 2.06. The highest BCUT2D eigenvalue weighted by atomic mass is 16.4. The summed E-state index contributed by atoms with van der Waals surface area (Å²) in [5.41, 5.74) is 0. The fourth-order valence-electron chi connectivity index (χ4n) is 2.79. The Labute approximate surface area is 132 Å². The minimum atomic E-state index is -0.734. The van der Waals surface area contributed by atoms with Crippen LogP contribution in [0.3, 0.4) is 0 Å². The Morgan fingerprint density at radius 3 is 2.64 bits per heavy atom. The lowest BCUT2D eigenvalue weighted by Crippen LogP contribution is -2.13. The van der Waals surface area contributed by atoms with Crippen LogP contribution >= 0.6 is 0 Å². The molecule has 0 aromatic heterocycles. The third kappa shape index (κ3) is 7.03. The van der Waals surface area contributed by atoms with Crippen molar-refractivity contribution in [1.82, 2.24) is 0 Å². The van der Waals surface area contributed by atoms with Gasteiger partial charge in [0.25, 0.3) is 0 Å². The topological polar surface area (TPSA) is 74.6 Å². The van der Waals surface area contributed by atoms with Crippen molar-refractivity contribution in [2.24, 2.45) is 11.8 Å². The lowest BCUT2D eigenvalue weighted by atomic mass is 9.91. The minimum Gasteiger partial charge on any atom is -0.481 e. The van der Waals surface area contributed by atoms with Gasteiger partial charge in [-0.3, -0.25) is 9.59 Å². The first kappa shape index (κ1) is 18.6. The summed E-state index contributed by atoms with van der Waals surface area (Å²) >= 11 is 0. The van der Waals surface area contributed by atoms with E-state index in [1.165, 1.54) is 0 Å². The van der Waals surface area contributed by atoms with Crippen molar-refractivity contribution in [1.29, 1.82) is 0 Å². The fraction of sp³-hybridized carbons (Fsp3) is 0.667. The number of hydrogen-bond donors (Lipinski definition) is 2. The highest BCUT2D eigenvalue weighted by Gasteiger charge is 2.26. The Bertz CT molecular complexity index is 411. The van der Waals surface area contributed by atoms with Gasteiger partial charge < -0.3 is 10.2 Å². The molecule has 0 spiro atoms. The molecule has 0 aliphatic heterocycles. The lowest BCUT2D eigenvalue weighted by molar-refractivity contribution is -0.137. The highest BCUT2D eigenvalue weighted by Crippen LogP contribution is 2.26. The van der Waals surface area contributed by atoms with E-state index in [4.69, 9.17) is 5.11 Å². The summed E-state index contributed by atoms with van der Waals surface area (Å²) in [5.74, 6) is -0.434. The van der Waals surface area contributed by atoms with Crippen LogP contribution in [0.4, 0.5) is 0 Å². The van der Waals surface area contributed by atoms with Crippen molar-refractivity contribution >= 4 is 11.8 Å². The van der Waals surface area contributed by atoms with Crippen molar-refractivity contribution in [3.63, 3.8) is 0 Å².